The van der Waals surface area contributed by atoms with Crippen LogP contribution < -0.4 is 4.74 Å². The second kappa shape index (κ2) is 17.7. The molecule has 0 aromatic heterocycles. The zero-order chi connectivity index (χ0) is 49.8. The van der Waals surface area contributed by atoms with Gasteiger partial charge in [0, 0.05) is 11.5 Å². The number of aromatic hydroxyl groups is 11. The van der Waals surface area contributed by atoms with Crippen LogP contribution in [0.2, 0.25) is 0 Å². The average Bonchev–Trinajstić information content (AvgIpc) is 3.28. The van der Waals surface area contributed by atoms with Gasteiger partial charge in [0.25, 0.3) is 0 Å². The van der Waals surface area contributed by atoms with E-state index in [0.717, 1.165) is 0 Å². The van der Waals surface area contributed by atoms with E-state index in [2.05, 4.69) is 0 Å². The third kappa shape index (κ3) is 8.58. The standard InChI is InChI=1S/C41H32O27/c42-15-1-10(2-16(43)26(15)51)35(56)62-9-22-31-33(66-36(57)11-3-17(44)27(52)18(45)4-11)34(41(63-22)68-37(58)12-5-19(46)28(53)20(47)6-12)67-38(59)13-7-21(48)29(54)32-25(13)24(30(55)40(61)65-32)14(8-23(49)50)39(60)64-31/h1-7,14,22,24,30-31,33-34,41-48,51-55H,8-9H2,(H,49,50)/t14-,22-,24-,30-,31+,33+,34-,41-/m0/s1. The minimum Gasteiger partial charge on any atom is -0.504 e. The van der Waals surface area contributed by atoms with Crippen LogP contribution >= 0.6 is 0 Å². The van der Waals surface area contributed by atoms with Gasteiger partial charge >= 0.3 is 41.8 Å². The molecule has 3 aliphatic rings. The van der Waals surface area contributed by atoms with Crippen LogP contribution in [0.5, 0.6) is 69.0 Å². The minimum atomic E-state index is -2.57. The van der Waals surface area contributed by atoms with E-state index in [-0.39, 0.29) is 0 Å². The number of benzene rings is 4. The molecule has 68 heavy (non-hydrogen) atoms. The van der Waals surface area contributed by atoms with Gasteiger partial charge in [0.1, 0.15) is 12.7 Å². The Kier molecular flexibility index (Phi) is 12.2. The molecule has 0 radical (unpaired) electrons. The van der Waals surface area contributed by atoms with E-state index in [4.69, 9.17) is 33.2 Å². The summed E-state index contributed by atoms with van der Waals surface area (Å²) in [5, 5.41) is 133. The van der Waals surface area contributed by atoms with Crippen molar-refractivity contribution in [2.45, 2.75) is 49.1 Å². The highest BCUT2D eigenvalue weighted by molar-refractivity contribution is 5.98. The molecule has 0 aliphatic carbocycles. The van der Waals surface area contributed by atoms with E-state index in [9.17, 15) is 99.9 Å². The summed E-state index contributed by atoms with van der Waals surface area (Å²) < 4.78 is 38.6. The van der Waals surface area contributed by atoms with Gasteiger partial charge in [-0.3, -0.25) is 9.59 Å². The zero-order valence-corrected chi connectivity index (χ0v) is 33.6. The molecule has 0 amide bonds. The molecule has 358 valence electrons. The van der Waals surface area contributed by atoms with E-state index < -0.39 is 200 Å². The summed E-state index contributed by atoms with van der Waals surface area (Å²) in [5.74, 6) is -29.8. The maximum Gasteiger partial charge on any atom is 0.341 e. The molecule has 1 fully saturated rings. The highest BCUT2D eigenvalue weighted by Crippen LogP contribution is 2.51. The van der Waals surface area contributed by atoms with Crippen LogP contribution in [-0.2, 0) is 42.8 Å². The summed E-state index contributed by atoms with van der Waals surface area (Å²) in [4.78, 5) is 95.4. The van der Waals surface area contributed by atoms with Crippen LogP contribution in [0.15, 0.2) is 42.5 Å². The van der Waals surface area contributed by atoms with Crippen LogP contribution in [0.25, 0.3) is 0 Å². The molecule has 0 saturated carbocycles. The first-order valence-electron chi connectivity index (χ1n) is 19.1. The Morgan fingerprint density at radius 3 is 1.54 bits per heavy atom. The van der Waals surface area contributed by atoms with Crippen LogP contribution in [0.4, 0.5) is 0 Å². The number of phenols is 11. The van der Waals surface area contributed by atoms with Crippen molar-refractivity contribution in [3.63, 3.8) is 0 Å². The minimum absolute atomic E-state index is 0.449. The Balaban J connectivity index is 1.44. The summed E-state index contributed by atoms with van der Waals surface area (Å²) >= 11 is 0. The summed E-state index contributed by atoms with van der Waals surface area (Å²) in [7, 11) is 0. The molecule has 3 aliphatic heterocycles. The number of hydrogen-bond acceptors (Lipinski definition) is 26. The first-order valence-corrected chi connectivity index (χ1v) is 19.1. The van der Waals surface area contributed by atoms with Gasteiger partial charge in [-0.05, 0) is 42.5 Å². The number of carboxylic acids is 1. The fourth-order valence-electron chi connectivity index (χ4n) is 7.37. The lowest BCUT2D eigenvalue weighted by Gasteiger charge is -2.44. The van der Waals surface area contributed by atoms with Crippen LogP contribution in [0.3, 0.4) is 0 Å². The third-order valence-electron chi connectivity index (χ3n) is 10.6. The summed E-state index contributed by atoms with van der Waals surface area (Å²) in [6, 6.07) is 3.84. The first kappa shape index (κ1) is 46.9. The van der Waals surface area contributed by atoms with E-state index in [1.54, 1.807) is 0 Å². The number of aliphatic hydroxyl groups is 1. The number of aliphatic carboxylic acids is 1. The predicted molar refractivity (Wildman–Crippen MR) is 207 cm³/mol. The lowest BCUT2D eigenvalue weighted by molar-refractivity contribution is -0.287. The number of phenolic OH excluding ortho intramolecular Hbond substituents is 11. The van der Waals surface area contributed by atoms with Gasteiger partial charge in [0.05, 0.1) is 34.6 Å². The molecule has 0 spiro atoms. The molecule has 7 rings (SSSR count). The molecule has 27 nitrogen and oxygen atoms in total. The number of fused-ring (bicyclic) bond motifs is 2. The molecule has 0 unspecified atom stereocenters. The topological polar surface area (TPSA) is 447 Å². The maximum absolute atomic E-state index is 14.5. The molecule has 2 bridgehead atoms. The van der Waals surface area contributed by atoms with Gasteiger partial charge in [0.15, 0.2) is 81.6 Å². The molecule has 27 heteroatoms. The number of carboxylic acid groups (broad SMARTS) is 1. The number of hydrogen-bond donors (Lipinski definition) is 13. The number of carbonyl (C=O) groups is 7. The molecular formula is C41H32O27. The fourth-order valence-corrected chi connectivity index (χ4v) is 7.37. The van der Waals surface area contributed by atoms with Gasteiger partial charge in [-0.2, -0.15) is 0 Å². The number of ether oxygens (including phenoxy) is 7. The lowest BCUT2D eigenvalue weighted by Crippen LogP contribution is -2.63. The third-order valence-corrected chi connectivity index (χ3v) is 10.6. The SMILES string of the molecule is O=C(O)C[C@@H]1C(=O)O[C@H]2[C@@H](OC(=O)c3cc(O)c(O)c(O)c3)[C@H](OC(=O)c3cc(O)c(O)c4c3[C@H]1[C@H](O)C(=O)O4)[C@H](OC(=O)c1cc(O)c(O)c(O)c1)O[C@H]2COC(=O)c1cc(O)c(O)c(O)c1. The Bertz CT molecular complexity index is 2750. The Labute approximate surface area is 375 Å². The lowest BCUT2D eigenvalue weighted by atomic mass is 9.76. The summed E-state index contributed by atoms with van der Waals surface area (Å²) in [5.41, 5.74) is -4.15. The average molecular weight is 957 g/mol. The molecule has 4 aromatic carbocycles. The van der Waals surface area contributed by atoms with E-state index >= 15 is 0 Å². The first-order chi connectivity index (χ1) is 32.0. The quantitative estimate of drug-likeness (QED) is 0.0455. The largest absolute Gasteiger partial charge is 0.504 e. The van der Waals surface area contributed by atoms with Crippen molar-refractivity contribution in [1.29, 1.82) is 0 Å². The monoisotopic (exact) mass is 956 g/mol. The van der Waals surface area contributed by atoms with Gasteiger partial charge in [-0.15, -0.1) is 0 Å². The second-order valence-corrected chi connectivity index (χ2v) is 14.9. The van der Waals surface area contributed by atoms with Crippen molar-refractivity contribution in [2.75, 3.05) is 6.61 Å². The van der Waals surface area contributed by atoms with Crippen molar-refractivity contribution in [1.82, 2.24) is 0 Å². The predicted octanol–water partition coefficient (Wildman–Crippen LogP) is 0.0179. The number of esters is 6. The van der Waals surface area contributed by atoms with Crippen molar-refractivity contribution in [2.24, 2.45) is 5.92 Å². The zero-order valence-electron chi connectivity index (χ0n) is 33.6. The smallest absolute Gasteiger partial charge is 0.341 e. The van der Waals surface area contributed by atoms with Gasteiger partial charge in [-0.1, -0.05) is 0 Å². The fraction of sp³-hybridized carbons (Fsp3) is 0.244. The number of rotatable bonds is 9. The molecule has 8 atom stereocenters. The summed E-state index contributed by atoms with van der Waals surface area (Å²) in [6.07, 6.45) is -16.3. The van der Waals surface area contributed by atoms with E-state index in [1.165, 1.54) is 0 Å². The van der Waals surface area contributed by atoms with Crippen molar-refractivity contribution in [3.8, 4) is 69.0 Å². The van der Waals surface area contributed by atoms with Crippen LogP contribution in [-0.4, -0.2) is 152 Å². The van der Waals surface area contributed by atoms with Gasteiger partial charge in [-0.25, -0.2) is 24.0 Å². The highest BCUT2D eigenvalue weighted by atomic mass is 16.7. The van der Waals surface area contributed by atoms with Crippen molar-refractivity contribution < 1.29 is 133 Å². The number of aliphatic hydroxyl groups excluding tert-OH is 1. The van der Waals surface area contributed by atoms with Crippen LogP contribution in [0, 0.1) is 5.92 Å². The molecular weight excluding hydrogens is 924 g/mol. The normalized spacial score (nSPS) is 23.0. The Morgan fingerprint density at radius 2 is 1.04 bits per heavy atom. The molecule has 1 saturated heterocycles. The summed E-state index contributed by atoms with van der Waals surface area (Å²) in [6.45, 7) is -1.28. The van der Waals surface area contributed by atoms with Gasteiger partial charge in [0.2, 0.25) is 18.1 Å². The van der Waals surface area contributed by atoms with Crippen molar-refractivity contribution in [3.05, 3.63) is 70.3 Å². The van der Waals surface area contributed by atoms with E-state index in [1.807, 2.05) is 0 Å². The van der Waals surface area contributed by atoms with Crippen molar-refractivity contribution >= 4 is 41.8 Å². The highest BCUT2D eigenvalue weighted by Gasteiger charge is 2.57. The van der Waals surface area contributed by atoms with Crippen LogP contribution in [0.1, 0.15) is 59.3 Å². The van der Waals surface area contributed by atoms with E-state index in [0.29, 0.717) is 42.5 Å². The molecule has 3 heterocycles. The Morgan fingerprint density at radius 1 is 0.574 bits per heavy atom. The second-order valence-electron chi connectivity index (χ2n) is 14.9. The Hall–Kier alpha value is -9.11. The molecule has 13 N–H and O–H groups in total. The number of carbonyl (C=O) groups excluding carboxylic acids is 6. The maximum atomic E-state index is 14.5. The molecule has 4 aromatic rings. The van der Waals surface area contributed by atoms with Gasteiger partial charge < -0.3 is 99.5 Å².